The summed E-state index contributed by atoms with van der Waals surface area (Å²) in [6.07, 6.45) is 1.78. The summed E-state index contributed by atoms with van der Waals surface area (Å²) in [7, 11) is 0. The average molecular weight is 194 g/mol. The van der Waals surface area contributed by atoms with Gasteiger partial charge < -0.3 is 10.1 Å². The Morgan fingerprint density at radius 2 is 2.29 bits per heavy atom. The second-order valence-corrected chi connectivity index (χ2v) is 3.45. The van der Waals surface area contributed by atoms with Crippen molar-refractivity contribution in [3.8, 4) is 5.75 Å². The summed E-state index contributed by atoms with van der Waals surface area (Å²) in [6, 6.07) is 4.33. The highest BCUT2D eigenvalue weighted by Crippen LogP contribution is 2.10. The highest BCUT2D eigenvalue weighted by molar-refractivity contribution is 5.22. The predicted octanol–water partition coefficient (Wildman–Crippen LogP) is 1.98. The smallest absolute Gasteiger partial charge is 0.122 e. The molecule has 1 N–H and O–H groups in total. The van der Waals surface area contributed by atoms with E-state index < -0.39 is 0 Å². The maximum Gasteiger partial charge on any atom is 0.122 e. The lowest BCUT2D eigenvalue weighted by molar-refractivity contribution is 0.339. The van der Waals surface area contributed by atoms with Crippen molar-refractivity contribution >= 4 is 0 Å². The second-order valence-electron chi connectivity index (χ2n) is 3.45. The Hall–Kier alpha value is -1.09. The fourth-order valence-corrected chi connectivity index (χ4v) is 1.12. The summed E-state index contributed by atoms with van der Waals surface area (Å²) in [6.45, 7) is 7.70. The third-order valence-corrected chi connectivity index (χ3v) is 1.79. The number of hydrogen-bond donors (Lipinski definition) is 1. The number of hydrogen-bond acceptors (Lipinski definition) is 3. The molecule has 0 aliphatic carbocycles. The van der Waals surface area contributed by atoms with Gasteiger partial charge in [0.25, 0.3) is 0 Å². The van der Waals surface area contributed by atoms with Crippen molar-refractivity contribution in [1.82, 2.24) is 10.3 Å². The first-order valence-corrected chi connectivity index (χ1v) is 5.03. The van der Waals surface area contributed by atoms with E-state index in [0.717, 1.165) is 18.0 Å². The van der Waals surface area contributed by atoms with Gasteiger partial charge >= 0.3 is 0 Å². The van der Waals surface area contributed by atoms with Crippen molar-refractivity contribution in [1.29, 1.82) is 0 Å². The summed E-state index contributed by atoms with van der Waals surface area (Å²) >= 11 is 0. The van der Waals surface area contributed by atoms with Crippen molar-refractivity contribution in [2.24, 2.45) is 0 Å². The summed E-state index contributed by atoms with van der Waals surface area (Å²) in [5, 5.41) is 3.31. The summed E-state index contributed by atoms with van der Waals surface area (Å²) in [5.41, 5.74) is 1.02. The van der Waals surface area contributed by atoms with E-state index in [1.807, 2.05) is 19.1 Å². The lowest BCUT2D eigenvalue weighted by Crippen LogP contribution is -2.22. The molecule has 1 aromatic rings. The van der Waals surface area contributed by atoms with Gasteiger partial charge in [0.1, 0.15) is 5.75 Å². The number of ether oxygens (including phenoxy) is 1. The van der Waals surface area contributed by atoms with E-state index >= 15 is 0 Å². The second kappa shape index (κ2) is 5.60. The quantitative estimate of drug-likeness (QED) is 0.778. The predicted molar refractivity (Wildman–Crippen MR) is 57.4 cm³/mol. The van der Waals surface area contributed by atoms with Crippen LogP contribution in [0.3, 0.4) is 0 Å². The van der Waals surface area contributed by atoms with Crippen LogP contribution >= 0.6 is 0 Å². The monoisotopic (exact) mass is 194 g/mol. The Morgan fingerprint density at radius 3 is 2.93 bits per heavy atom. The summed E-state index contributed by atoms with van der Waals surface area (Å²) in [4.78, 5) is 4.25. The molecule has 0 radical (unpaired) electrons. The Balaban J connectivity index is 2.54. The molecule has 0 fully saturated rings. The topological polar surface area (TPSA) is 34.1 Å². The normalized spacial score (nSPS) is 10.6. The number of nitrogens with zero attached hydrogens (tertiary/aromatic N) is 1. The van der Waals surface area contributed by atoms with Crippen molar-refractivity contribution < 1.29 is 4.74 Å². The van der Waals surface area contributed by atoms with Crippen molar-refractivity contribution in [2.75, 3.05) is 6.61 Å². The van der Waals surface area contributed by atoms with Gasteiger partial charge in [-0.1, -0.05) is 13.8 Å². The first-order valence-electron chi connectivity index (χ1n) is 5.03. The molecule has 0 spiro atoms. The van der Waals surface area contributed by atoms with Gasteiger partial charge in [-0.05, 0) is 13.0 Å². The Morgan fingerprint density at radius 1 is 1.50 bits per heavy atom. The highest BCUT2D eigenvalue weighted by Gasteiger charge is 1.98. The van der Waals surface area contributed by atoms with Crippen LogP contribution in [-0.2, 0) is 6.54 Å². The van der Waals surface area contributed by atoms with Crippen LogP contribution in [0.25, 0.3) is 0 Å². The van der Waals surface area contributed by atoms with Gasteiger partial charge in [-0.2, -0.15) is 0 Å². The maximum absolute atomic E-state index is 5.39. The van der Waals surface area contributed by atoms with Gasteiger partial charge in [-0.3, -0.25) is 4.98 Å². The molecule has 1 aromatic heterocycles. The van der Waals surface area contributed by atoms with E-state index in [2.05, 4.69) is 24.1 Å². The molecule has 1 rings (SSSR count). The fourth-order valence-electron chi connectivity index (χ4n) is 1.12. The number of pyridine rings is 1. The molecule has 0 saturated heterocycles. The third-order valence-electron chi connectivity index (χ3n) is 1.79. The molecule has 0 saturated carbocycles. The third kappa shape index (κ3) is 3.75. The van der Waals surface area contributed by atoms with Crippen LogP contribution in [0.4, 0.5) is 0 Å². The lowest BCUT2D eigenvalue weighted by atomic mass is 10.3. The van der Waals surface area contributed by atoms with Gasteiger partial charge in [-0.25, -0.2) is 0 Å². The molecule has 1 heterocycles. The Bertz CT molecular complexity index is 274. The minimum absolute atomic E-state index is 0.479. The van der Waals surface area contributed by atoms with E-state index in [4.69, 9.17) is 4.74 Å². The van der Waals surface area contributed by atoms with E-state index in [1.54, 1.807) is 6.20 Å². The molecular formula is C11H18N2O. The SMILES string of the molecule is CCOc1ccnc(CNC(C)C)c1. The lowest BCUT2D eigenvalue weighted by Gasteiger charge is -2.08. The van der Waals surface area contributed by atoms with Gasteiger partial charge in [0.15, 0.2) is 0 Å². The molecule has 0 aliphatic heterocycles. The summed E-state index contributed by atoms with van der Waals surface area (Å²) in [5.74, 6) is 0.892. The largest absolute Gasteiger partial charge is 0.494 e. The zero-order chi connectivity index (χ0) is 10.4. The molecule has 0 aromatic carbocycles. The van der Waals surface area contributed by atoms with E-state index in [0.29, 0.717) is 12.6 Å². The number of aromatic nitrogens is 1. The molecule has 3 nitrogen and oxygen atoms in total. The van der Waals surface area contributed by atoms with E-state index in [9.17, 15) is 0 Å². The molecular weight excluding hydrogens is 176 g/mol. The van der Waals surface area contributed by atoms with Crippen LogP contribution in [0.1, 0.15) is 26.5 Å². The molecule has 0 unspecified atom stereocenters. The maximum atomic E-state index is 5.39. The standard InChI is InChI=1S/C11H18N2O/c1-4-14-11-5-6-12-10(7-11)8-13-9(2)3/h5-7,9,13H,4,8H2,1-3H3. The zero-order valence-electron chi connectivity index (χ0n) is 9.08. The Labute approximate surface area is 85.5 Å². The molecule has 3 heteroatoms. The summed E-state index contributed by atoms with van der Waals surface area (Å²) < 4.78 is 5.39. The van der Waals surface area contributed by atoms with Crippen LogP contribution in [0.5, 0.6) is 5.75 Å². The van der Waals surface area contributed by atoms with Crippen LogP contribution in [-0.4, -0.2) is 17.6 Å². The highest BCUT2D eigenvalue weighted by atomic mass is 16.5. The molecule has 0 atom stereocenters. The first-order chi connectivity index (χ1) is 6.72. The molecule has 0 aliphatic rings. The first kappa shape index (κ1) is 11.0. The zero-order valence-corrected chi connectivity index (χ0v) is 9.08. The van der Waals surface area contributed by atoms with Crippen LogP contribution in [0, 0.1) is 0 Å². The minimum Gasteiger partial charge on any atom is -0.494 e. The van der Waals surface area contributed by atoms with Gasteiger partial charge in [0, 0.05) is 24.8 Å². The van der Waals surface area contributed by atoms with Gasteiger partial charge in [-0.15, -0.1) is 0 Å². The van der Waals surface area contributed by atoms with Gasteiger partial charge in [0.2, 0.25) is 0 Å². The van der Waals surface area contributed by atoms with Crippen molar-refractivity contribution in [2.45, 2.75) is 33.4 Å². The number of rotatable bonds is 5. The van der Waals surface area contributed by atoms with E-state index in [-0.39, 0.29) is 0 Å². The average Bonchev–Trinajstić information content (AvgIpc) is 2.16. The molecule has 78 valence electrons. The fraction of sp³-hybridized carbons (Fsp3) is 0.545. The van der Waals surface area contributed by atoms with E-state index in [1.165, 1.54) is 0 Å². The molecule has 0 amide bonds. The number of nitrogens with one attached hydrogen (secondary N) is 1. The van der Waals surface area contributed by atoms with Crippen molar-refractivity contribution in [3.63, 3.8) is 0 Å². The molecule has 14 heavy (non-hydrogen) atoms. The van der Waals surface area contributed by atoms with Crippen molar-refractivity contribution in [3.05, 3.63) is 24.0 Å². The minimum atomic E-state index is 0.479. The molecule has 0 bridgehead atoms. The van der Waals surface area contributed by atoms with Crippen LogP contribution < -0.4 is 10.1 Å². The van der Waals surface area contributed by atoms with Crippen LogP contribution in [0.2, 0.25) is 0 Å². The Kier molecular flexibility index (Phi) is 4.40. The van der Waals surface area contributed by atoms with Gasteiger partial charge in [0.05, 0.1) is 12.3 Å². The van der Waals surface area contributed by atoms with Crippen LogP contribution in [0.15, 0.2) is 18.3 Å².